The second-order valence-corrected chi connectivity index (χ2v) is 9.99. The van der Waals surface area contributed by atoms with Gasteiger partial charge in [-0.3, -0.25) is 4.79 Å². The average molecular weight is 380 g/mol. The van der Waals surface area contributed by atoms with Crippen molar-refractivity contribution in [3.05, 3.63) is 68.8 Å². The summed E-state index contributed by atoms with van der Waals surface area (Å²) in [5.74, 6) is 0. The van der Waals surface area contributed by atoms with Crippen molar-refractivity contribution < 1.29 is 0 Å². The Kier molecular flexibility index (Phi) is 4.08. The highest BCUT2D eigenvalue weighted by atomic mass is 32.2. The van der Waals surface area contributed by atoms with Crippen LogP contribution < -0.4 is 16.0 Å². The molecule has 0 fully saturated rings. The molecule has 0 amide bonds. The molecule has 0 saturated carbocycles. The maximum atomic E-state index is 13.2. The average Bonchev–Trinajstić information content (AvgIpc) is 3.02. The zero-order valence-corrected chi connectivity index (χ0v) is 17.1. The van der Waals surface area contributed by atoms with Gasteiger partial charge in [0.15, 0.2) is 5.43 Å². The summed E-state index contributed by atoms with van der Waals surface area (Å²) in [4.78, 5) is 15.6. The predicted molar refractivity (Wildman–Crippen MR) is 114 cm³/mol. The summed E-state index contributed by atoms with van der Waals surface area (Å²) in [6.07, 6.45) is 0. The topological polar surface area (TPSA) is 22.0 Å². The minimum atomic E-state index is 0.0718. The molecule has 4 rings (SSSR count). The lowest BCUT2D eigenvalue weighted by Crippen LogP contribution is -2.44. The summed E-state index contributed by atoms with van der Waals surface area (Å²) in [7, 11) is 1.98. The summed E-state index contributed by atoms with van der Waals surface area (Å²) in [5.41, 5.74) is 2.42. The van der Waals surface area contributed by atoms with Crippen LogP contribution in [0.3, 0.4) is 0 Å². The van der Waals surface area contributed by atoms with Crippen molar-refractivity contribution in [1.29, 1.82) is 0 Å². The maximum absolute atomic E-state index is 13.2. The smallest absolute Gasteiger partial charge is 0.198 e. The van der Waals surface area contributed by atoms with Crippen molar-refractivity contribution in [1.82, 2.24) is 4.57 Å². The molecular formula is C22H21NOS2. The van der Waals surface area contributed by atoms with Gasteiger partial charge in [-0.2, -0.15) is 0 Å². The molecule has 0 bridgehead atoms. The van der Waals surface area contributed by atoms with Crippen molar-refractivity contribution in [2.45, 2.75) is 36.0 Å². The van der Waals surface area contributed by atoms with E-state index in [1.54, 1.807) is 23.5 Å². The Balaban J connectivity index is 1.97. The maximum Gasteiger partial charge on any atom is 0.198 e. The number of thioether (sulfide) groups is 2. The molecular weight excluding hydrogens is 358 g/mol. The van der Waals surface area contributed by atoms with E-state index in [1.165, 1.54) is 15.4 Å². The lowest BCUT2D eigenvalue weighted by Gasteiger charge is -2.19. The molecule has 2 aromatic carbocycles. The van der Waals surface area contributed by atoms with Crippen LogP contribution in [0.2, 0.25) is 0 Å². The molecule has 0 atom stereocenters. The third-order valence-electron chi connectivity index (χ3n) is 4.85. The van der Waals surface area contributed by atoms with Crippen molar-refractivity contribution >= 4 is 45.2 Å². The molecule has 2 heterocycles. The van der Waals surface area contributed by atoms with E-state index in [0.717, 1.165) is 25.7 Å². The van der Waals surface area contributed by atoms with E-state index in [1.807, 2.05) is 35.9 Å². The molecule has 1 aliphatic heterocycles. The van der Waals surface area contributed by atoms with E-state index >= 15 is 0 Å². The number of aromatic nitrogens is 1. The van der Waals surface area contributed by atoms with Gasteiger partial charge in [0.2, 0.25) is 0 Å². The highest BCUT2D eigenvalue weighted by Crippen LogP contribution is 2.52. The molecule has 0 unspecified atom stereocenters. The first-order valence-electron chi connectivity index (χ1n) is 8.58. The van der Waals surface area contributed by atoms with E-state index in [9.17, 15) is 4.79 Å². The van der Waals surface area contributed by atoms with Gasteiger partial charge in [-0.1, -0.05) is 69.1 Å². The first-order chi connectivity index (χ1) is 12.3. The lowest BCUT2D eigenvalue weighted by molar-refractivity contribution is 0.588. The van der Waals surface area contributed by atoms with Crippen molar-refractivity contribution in [3.63, 3.8) is 0 Å². The van der Waals surface area contributed by atoms with Crippen LogP contribution in [-0.4, -0.2) is 4.57 Å². The van der Waals surface area contributed by atoms with Gasteiger partial charge in [0.1, 0.15) is 0 Å². The highest BCUT2D eigenvalue weighted by Gasteiger charge is 2.23. The summed E-state index contributed by atoms with van der Waals surface area (Å²) in [6, 6.07) is 14.4. The van der Waals surface area contributed by atoms with Crippen LogP contribution in [0.25, 0.3) is 21.7 Å². The van der Waals surface area contributed by atoms with Gasteiger partial charge >= 0.3 is 0 Å². The Labute approximate surface area is 161 Å². The number of hydrogen-bond donors (Lipinski definition) is 0. The number of nitrogens with zero attached hydrogens (tertiary/aromatic N) is 1. The first kappa shape index (κ1) is 17.5. The second kappa shape index (κ2) is 6.07. The Bertz CT molecular complexity index is 1220. The fourth-order valence-corrected chi connectivity index (χ4v) is 5.84. The van der Waals surface area contributed by atoms with Gasteiger partial charge in [0.25, 0.3) is 0 Å². The van der Waals surface area contributed by atoms with Crippen LogP contribution in [0, 0.1) is 0 Å². The van der Waals surface area contributed by atoms with Gasteiger partial charge < -0.3 is 4.57 Å². The molecule has 1 aromatic heterocycles. The molecule has 0 spiro atoms. The van der Waals surface area contributed by atoms with Crippen LogP contribution in [0.5, 0.6) is 0 Å². The van der Waals surface area contributed by atoms with Crippen molar-refractivity contribution in [2.75, 3.05) is 0 Å². The third kappa shape index (κ3) is 2.72. The molecule has 0 saturated heterocycles. The summed E-state index contributed by atoms with van der Waals surface area (Å²) >= 11 is 3.37. The number of aryl methyl sites for hydroxylation is 1. The zero-order chi connectivity index (χ0) is 18.6. The Morgan fingerprint density at radius 1 is 1.00 bits per heavy atom. The normalized spacial score (nSPS) is 16.2. The molecule has 1 aliphatic rings. The SMILES string of the molecule is C=c1/c(=C2/Sc3ccc(C(C)(C)C)cc3S2)c(=O)c2ccccc2n1C. The summed E-state index contributed by atoms with van der Waals surface area (Å²) in [5, 5.41) is 2.25. The van der Waals surface area contributed by atoms with E-state index in [0.29, 0.717) is 0 Å². The largest absolute Gasteiger partial charge is 0.344 e. The van der Waals surface area contributed by atoms with Crippen LogP contribution in [0.1, 0.15) is 26.3 Å². The molecule has 4 heteroatoms. The number of benzene rings is 2. The van der Waals surface area contributed by atoms with Crippen molar-refractivity contribution in [3.8, 4) is 0 Å². The Morgan fingerprint density at radius 2 is 1.69 bits per heavy atom. The molecule has 2 nitrogen and oxygen atoms in total. The zero-order valence-electron chi connectivity index (χ0n) is 15.4. The molecule has 0 N–H and O–H groups in total. The van der Waals surface area contributed by atoms with Gasteiger partial charge in [-0.25, -0.2) is 0 Å². The fraction of sp³-hybridized carbons (Fsp3) is 0.227. The second-order valence-electron chi connectivity index (χ2n) is 7.63. The number of hydrogen-bond acceptors (Lipinski definition) is 3. The van der Waals surface area contributed by atoms with Crippen LogP contribution in [-0.2, 0) is 12.5 Å². The van der Waals surface area contributed by atoms with Crippen LogP contribution in [0.4, 0.5) is 0 Å². The number of pyridine rings is 1. The summed E-state index contributed by atoms with van der Waals surface area (Å²) in [6.45, 7) is 10.9. The van der Waals surface area contributed by atoms with Crippen molar-refractivity contribution in [2.24, 2.45) is 7.05 Å². The Hall–Kier alpha value is -1.91. The highest BCUT2D eigenvalue weighted by molar-refractivity contribution is 8.32. The molecule has 0 radical (unpaired) electrons. The van der Waals surface area contributed by atoms with E-state index in [-0.39, 0.29) is 10.8 Å². The van der Waals surface area contributed by atoms with Gasteiger partial charge in [0, 0.05) is 27.6 Å². The summed E-state index contributed by atoms with van der Waals surface area (Å²) < 4.78 is 3.05. The van der Waals surface area contributed by atoms with Gasteiger partial charge in [-0.15, -0.1) is 0 Å². The molecule has 3 aromatic rings. The lowest BCUT2D eigenvalue weighted by atomic mass is 9.87. The van der Waals surface area contributed by atoms with E-state index in [2.05, 4.69) is 45.5 Å². The number of fused-ring (bicyclic) bond motifs is 2. The molecule has 26 heavy (non-hydrogen) atoms. The molecule has 132 valence electrons. The standard InChI is InChI=1S/C22H21NOS2/c1-13-19(20(24)15-8-6-7-9-16(15)23(13)5)21-25-17-11-10-14(22(2,3)4)12-18(17)26-21/h6-12H,1H2,2-5H3/b21-19+. The van der Waals surface area contributed by atoms with Crippen LogP contribution >= 0.6 is 23.5 Å². The fourth-order valence-electron chi connectivity index (χ4n) is 3.21. The predicted octanol–water partition coefficient (Wildman–Crippen LogP) is 4.21. The number of para-hydroxylation sites is 1. The number of rotatable bonds is 0. The first-order valence-corrected chi connectivity index (χ1v) is 10.2. The van der Waals surface area contributed by atoms with Gasteiger partial charge in [0.05, 0.1) is 15.0 Å². The monoisotopic (exact) mass is 379 g/mol. The quantitative estimate of drug-likeness (QED) is 0.584. The Morgan fingerprint density at radius 3 is 2.42 bits per heavy atom. The van der Waals surface area contributed by atoms with E-state index < -0.39 is 0 Å². The van der Waals surface area contributed by atoms with E-state index in [4.69, 9.17) is 0 Å². The van der Waals surface area contributed by atoms with Crippen LogP contribution in [0.15, 0.2) is 57.1 Å². The third-order valence-corrected chi connectivity index (χ3v) is 7.39. The van der Waals surface area contributed by atoms with Gasteiger partial charge in [-0.05, 0) is 35.2 Å². The minimum Gasteiger partial charge on any atom is -0.344 e. The minimum absolute atomic E-state index is 0.0718. The molecule has 0 aliphatic carbocycles.